The SMILES string of the molecule is O=C(CCc1ccc(Br)cc1)N(CCO)C1CC1. The average molecular weight is 312 g/mol. The molecule has 1 saturated carbocycles. The zero-order valence-electron chi connectivity index (χ0n) is 10.3. The summed E-state index contributed by atoms with van der Waals surface area (Å²) in [5, 5.41) is 8.98. The monoisotopic (exact) mass is 311 g/mol. The van der Waals surface area contributed by atoms with Crippen molar-refractivity contribution in [1.29, 1.82) is 0 Å². The number of nitrogens with zero attached hydrogens (tertiary/aromatic N) is 1. The highest BCUT2D eigenvalue weighted by atomic mass is 79.9. The number of hydrogen-bond donors (Lipinski definition) is 1. The van der Waals surface area contributed by atoms with Gasteiger partial charge in [0.1, 0.15) is 0 Å². The van der Waals surface area contributed by atoms with Crippen LogP contribution in [0.4, 0.5) is 0 Å². The number of rotatable bonds is 6. The van der Waals surface area contributed by atoms with Crippen molar-refractivity contribution >= 4 is 21.8 Å². The maximum atomic E-state index is 12.1. The van der Waals surface area contributed by atoms with Gasteiger partial charge in [-0.2, -0.15) is 0 Å². The second-order valence-corrected chi connectivity index (χ2v) is 5.58. The van der Waals surface area contributed by atoms with E-state index < -0.39 is 0 Å². The summed E-state index contributed by atoms with van der Waals surface area (Å²) >= 11 is 3.39. The highest BCUT2D eigenvalue weighted by Gasteiger charge is 2.31. The van der Waals surface area contributed by atoms with E-state index in [-0.39, 0.29) is 12.5 Å². The summed E-state index contributed by atoms with van der Waals surface area (Å²) in [5.74, 6) is 0.162. The number of halogens is 1. The molecule has 0 unspecified atom stereocenters. The molecule has 1 amide bonds. The van der Waals surface area contributed by atoms with Crippen LogP contribution >= 0.6 is 15.9 Å². The Morgan fingerprint density at radius 2 is 2.00 bits per heavy atom. The van der Waals surface area contributed by atoms with Gasteiger partial charge in [0, 0.05) is 23.5 Å². The first-order valence-corrected chi connectivity index (χ1v) is 7.15. The third-order valence-corrected chi connectivity index (χ3v) is 3.72. The summed E-state index contributed by atoms with van der Waals surface area (Å²) in [6, 6.07) is 8.43. The normalized spacial score (nSPS) is 14.6. The second-order valence-electron chi connectivity index (χ2n) is 4.67. The number of amides is 1. The Morgan fingerprint density at radius 1 is 1.33 bits per heavy atom. The van der Waals surface area contributed by atoms with Crippen molar-refractivity contribution < 1.29 is 9.90 Å². The fourth-order valence-electron chi connectivity index (χ4n) is 2.05. The lowest BCUT2D eigenvalue weighted by atomic mass is 10.1. The van der Waals surface area contributed by atoms with Gasteiger partial charge in [0.2, 0.25) is 5.91 Å². The highest BCUT2D eigenvalue weighted by Crippen LogP contribution is 2.27. The van der Waals surface area contributed by atoms with Crippen LogP contribution in [0, 0.1) is 0 Å². The molecule has 1 N–H and O–H groups in total. The van der Waals surface area contributed by atoms with E-state index in [0.717, 1.165) is 23.7 Å². The number of carbonyl (C=O) groups is 1. The fraction of sp³-hybridized carbons (Fsp3) is 0.500. The molecule has 0 radical (unpaired) electrons. The van der Waals surface area contributed by atoms with Crippen molar-refractivity contribution in [2.45, 2.75) is 31.7 Å². The summed E-state index contributed by atoms with van der Waals surface area (Å²) in [5.41, 5.74) is 1.17. The minimum absolute atomic E-state index is 0.0561. The molecular formula is C14H18BrNO2. The lowest BCUT2D eigenvalue weighted by Crippen LogP contribution is -2.35. The zero-order chi connectivity index (χ0) is 13.0. The Bertz CT molecular complexity index is 401. The molecule has 4 heteroatoms. The zero-order valence-corrected chi connectivity index (χ0v) is 11.9. The maximum absolute atomic E-state index is 12.1. The van der Waals surface area contributed by atoms with Crippen LogP contribution in [0.15, 0.2) is 28.7 Å². The van der Waals surface area contributed by atoms with Gasteiger partial charge < -0.3 is 10.0 Å². The Labute approximate surface area is 116 Å². The van der Waals surface area contributed by atoms with E-state index in [0.29, 0.717) is 19.0 Å². The molecule has 0 atom stereocenters. The molecule has 1 fully saturated rings. The van der Waals surface area contributed by atoms with Crippen molar-refractivity contribution in [2.24, 2.45) is 0 Å². The Balaban J connectivity index is 1.84. The predicted molar refractivity (Wildman–Crippen MR) is 74.3 cm³/mol. The average Bonchev–Trinajstić information content (AvgIpc) is 3.19. The third-order valence-electron chi connectivity index (χ3n) is 3.19. The fourth-order valence-corrected chi connectivity index (χ4v) is 2.32. The number of benzene rings is 1. The topological polar surface area (TPSA) is 40.5 Å². The molecule has 1 aliphatic carbocycles. The lowest BCUT2D eigenvalue weighted by Gasteiger charge is -2.21. The Morgan fingerprint density at radius 3 is 2.56 bits per heavy atom. The van der Waals surface area contributed by atoms with Crippen LogP contribution in [-0.2, 0) is 11.2 Å². The van der Waals surface area contributed by atoms with Crippen molar-refractivity contribution in [3.8, 4) is 0 Å². The summed E-state index contributed by atoms with van der Waals surface area (Å²) in [7, 11) is 0. The molecule has 1 aromatic rings. The highest BCUT2D eigenvalue weighted by molar-refractivity contribution is 9.10. The molecule has 98 valence electrons. The van der Waals surface area contributed by atoms with Crippen molar-refractivity contribution in [1.82, 2.24) is 4.90 Å². The molecule has 0 saturated heterocycles. The number of aliphatic hydroxyl groups excluding tert-OH is 1. The summed E-state index contributed by atoms with van der Waals surface area (Å²) < 4.78 is 1.05. The standard InChI is InChI=1S/C14H18BrNO2/c15-12-4-1-11(2-5-12)3-8-14(18)16(9-10-17)13-6-7-13/h1-2,4-5,13,17H,3,6-10H2. The molecule has 18 heavy (non-hydrogen) atoms. The van der Waals surface area contributed by atoms with Gasteiger partial charge in [-0.05, 0) is 37.0 Å². The van der Waals surface area contributed by atoms with Gasteiger partial charge in [-0.1, -0.05) is 28.1 Å². The third kappa shape index (κ3) is 3.82. The molecule has 0 spiro atoms. The van der Waals surface area contributed by atoms with Gasteiger partial charge >= 0.3 is 0 Å². The van der Waals surface area contributed by atoms with Gasteiger partial charge in [-0.3, -0.25) is 4.79 Å². The van der Waals surface area contributed by atoms with Crippen LogP contribution in [0.25, 0.3) is 0 Å². The number of carbonyl (C=O) groups excluding carboxylic acids is 1. The predicted octanol–water partition coefficient (Wildman–Crippen LogP) is 2.37. The van der Waals surface area contributed by atoms with Crippen LogP contribution in [0.1, 0.15) is 24.8 Å². The summed E-state index contributed by atoms with van der Waals surface area (Å²) in [6.07, 6.45) is 3.47. The first-order valence-electron chi connectivity index (χ1n) is 6.35. The van der Waals surface area contributed by atoms with Crippen molar-refractivity contribution in [3.63, 3.8) is 0 Å². The van der Waals surface area contributed by atoms with Gasteiger partial charge in [-0.15, -0.1) is 0 Å². The molecule has 2 rings (SSSR count). The van der Waals surface area contributed by atoms with Gasteiger partial charge in [0.05, 0.1) is 6.61 Å². The summed E-state index contributed by atoms with van der Waals surface area (Å²) in [4.78, 5) is 13.9. The smallest absolute Gasteiger partial charge is 0.223 e. The van der Waals surface area contributed by atoms with E-state index in [9.17, 15) is 4.79 Å². The van der Waals surface area contributed by atoms with E-state index in [1.807, 2.05) is 29.2 Å². The molecule has 0 aromatic heterocycles. The largest absolute Gasteiger partial charge is 0.395 e. The Hall–Kier alpha value is -0.870. The first-order chi connectivity index (χ1) is 8.70. The quantitative estimate of drug-likeness (QED) is 0.876. The van der Waals surface area contributed by atoms with Gasteiger partial charge in [-0.25, -0.2) is 0 Å². The van der Waals surface area contributed by atoms with Crippen LogP contribution in [0.2, 0.25) is 0 Å². The van der Waals surface area contributed by atoms with Crippen molar-refractivity contribution in [3.05, 3.63) is 34.3 Å². The van der Waals surface area contributed by atoms with E-state index in [1.165, 1.54) is 5.56 Å². The molecule has 1 aliphatic rings. The molecule has 0 aliphatic heterocycles. The number of aryl methyl sites for hydroxylation is 1. The maximum Gasteiger partial charge on any atom is 0.223 e. The Kier molecular flexibility index (Phi) is 4.78. The molecule has 0 bridgehead atoms. The van der Waals surface area contributed by atoms with Gasteiger partial charge in [0.25, 0.3) is 0 Å². The van der Waals surface area contributed by atoms with Crippen molar-refractivity contribution in [2.75, 3.05) is 13.2 Å². The van der Waals surface area contributed by atoms with Crippen LogP contribution < -0.4 is 0 Å². The van der Waals surface area contributed by atoms with E-state index in [1.54, 1.807) is 0 Å². The van der Waals surface area contributed by atoms with E-state index >= 15 is 0 Å². The molecule has 3 nitrogen and oxygen atoms in total. The van der Waals surface area contributed by atoms with Crippen LogP contribution in [0.3, 0.4) is 0 Å². The summed E-state index contributed by atoms with van der Waals surface area (Å²) in [6.45, 7) is 0.532. The minimum atomic E-state index is 0.0561. The van der Waals surface area contributed by atoms with E-state index in [4.69, 9.17) is 5.11 Å². The lowest BCUT2D eigenvalue weighted by molar-refractivity contribution is -0.132. The molecule has 1 aromatic carbocycles. The first kappa shape index (κ1) is 13.6. The van der Waals surface area contributed by atoms with Crippen LogP contribution in [0.5, 0.6) is 0 Å². The minimum Gasteiger partial charge on any atom is -0.395 e. The number of aliphatic hydroxyl groups is 1. The molecular weight excluding hydrogens is 294 g/mol. The second kappa shape index (κ2) is 6.34. The van der Waals surface area contributed by atoms with Gasteiger partial charge in [0.15, 0.2) is 0 Å². The van der Waals surface area contributed by atoms with E-state index in [2.05, 4.69) is 15.9 Å². The van der Waals surface area contributed by atoms with Crippen LogP contribution in [-0.4, -0.2) is 35.1 Å². The molecule has 0 heterocycles. The number of hydrogen-bond acceptors (Lipinski definition) is 2.